The highest BCUT2D eigenvalue weighted by Gasteiger charge is 2.20. The molecule has 0 bridgehead atoms. The molecule has 1 aromatic heterocycles. The van der Waals surface area contributed by atoms with Gasteiger partial charge < -0.3 is 15.2 Å². The Morgan fingerprint density at radius 3 is 2.64 bits per heavy atom. The van der Waals surface area contributed by atoms with Crippen LogP contribution in [-0.2, 0) is 16.4 Å². The van der Waals surface area contributed by atoms with E-state index in [-0.39, 0.29) is 11.2 Å². The van der Waals surface area contributed by atoms with Crippen LogP contribution in [0.15, 0.2) is 29.3 Å². The summed E-state index contributed by atoms with van der Waals surface area (Å²) in [5, 5.41) is 6.64. The molecule has 28 heavy (non-hydrogen) atoms. The van der Waals surface area contributed by atoms with Crippen molar-refractivity contribution in [2.75, 3.05) is 32.1 Å². The second kappa shape index (κ2) is 9.41. The number of hydrogen-bond acceptors (Lipinski definition) is 4. The van der Waals surface area contributed by atoms with E-state index < -0.39 is 9.84 Å². The average molecular weight is 408 g/mol. The van der Waals surface area contributed by atoms with Crippen LogP contribution in [-0.4, -0.2) is 56.1 Å². The van der Waals surface area contributed by atoms with E-state index in [1.165, 1.54) is 6.26 Å². The highest BCUT2D eigenvalue weighted by molar-refractivity contribution is 7.90. The van der Waals surface area contributed by atoms with Gasteiger partial charge in [0, 0.05) is 32.9 Å². The molecule has 0 radical (unpaired) electrons. The number of nitrogens with one attached hydrogen (secondary N) is 2. The summed E-state index contributed by atoms with van der Waals surface area (Å²) in [7, 11) is -1.20. The Hall–Kier alpha value is -2.09. The molecule has 0 aliphatic carbocycles. The molecule has 2 aromatic rings. The Labute approximate surface area is 168 Å². The summed E-state index contributed by atoms with van der Waals surface area (Å²) in [5.41, 5.74) is 2.06. The fourth-order valence-corrected chi connectivity index (χ4v) is 3.94. The molecule has 1 heterocycles. The molecule has 0 fully saturated rings. The summed E-state index contributed by atoms with van der Waals surface area (Å²) < 4.78 is 25.0. The van der Waals surface area contributed by atoms with Crippen LogP contribution in [0.3, 0.4) is 0 Å². The van der Waals surface area contributed by atoms with Crippen molar-refractivity contribution < 1.29 is 8.42 Å². The van der Waals surface area contributed by atoms with Gasteiger partial charge in [0.2, 0.25) is 0 Å². The lowest BCUT2D eigenvalue weighted by Gasteiger charge is -2.25. The van der Waals surface area contributed by atoms with Crippen LogP contribution < -0.4 is 10.6 Å². The first-order valence-electron chi connectivity index (χ1n) is 9.65. The van der Waals surface area contributed by atoms with Gasteiger partial charge in [-0.05, 0) is 37.3 Å². The number of para-hydroxylation sites is 2. The number of rotatable bonds is 9. The summed E-state index contributed by atoms with van der Waals surface area (Å²) >= 11 is 0. The predicted octanol–water partition coefficient (Wildman–Crippen LogP) is 2.36. The quantitative estimate of drug-likeness (QED) is 0.378. The fourth-order valence-electron chi connectivity index (χ4n) is 3.02. The van der Waals surface area contributed by atoms with Crippen molar-refractivity contribution in [2.45, 2.75) is 40.2 Å². The molecule has 1 aromatic carbocycles. The van der Waals surface area contributed by atoms with Crippen molar-refractivity contribution in [3.63, 3.8) is 0 Å². The van der Waals surface area contributed by atoms with Crippen molar-refractivity contribution in [3.8, 4) is 0 Å². The van der Waals surface area contributed by atoms with Gasteiger partial charge in [-0.25, -0.2) is 13.4 Å². The lowest BCUT2D eigenvalue weighted by molar-refractivity contribution is 0.348. The Kier molecular flexibility index (Phi) is 7.46. The monoisotopic (exact) mass is 407 g/mol. The molecule has 0 spiro atoms. The van der Waals surface area contributed by atoms with Gasteiger partial charge >= 0.3 is 0 Å². The summed E-state index contributed by atoms with van der Waals surface area (Å²) in [6.45, 7) is 8.49. The van der Waals surface area contributed by atoms with E-state index in [0.717, 1.165) is 42.3 Å². The van der Waals surface area contributed by atoms with Gasteiger partial charge in [-0.3, -0.25) is 4.99 Å². The zero-order valence-electron chi connectivity index (χ0n) is 17.6. The van der Waals surface area contributed by atoms with Crippen LogP contribution in [0.5, 0.6) is 0 Å². The third kappa shape index (κ3) is 6.82. The fraction of sp³-hybridized carbons (Fsp3) is 0.600. The number of hydrogen-bond donors (Lipinski definition) is 2. The number of fused-ring (bicyclic) bond motifs is 1. The highest BCUT2D eigenvalue weighted by Crippen LogP contribution is 2.19. The standard InChI is InChI=1S/C20H33N5O2S/c1-16-24-17-9-6-7-10-18(17)25(16)13-8-12-22-19(21-4)23-15-20(2,3)11-14-28(5,26)27/h6-7,9-10H,8,11-15H2,1-5H3,(H2,21,22,23). The van der Waals surface area contributed by atoms with Crippen LogP contribution in [0, 0.1) is 12.3 Å². The zero-order chi connectivity index (χ0) is 20.8. The van der Waals surface area contributed by atoms with E-state index in [4.69, 9.17) is 0 Å². The lowest BCUT2D eigenvalue weighted by Crippen LogP contribution is -2.42. The van der Waals surface area contributed by atoms with Crippen molar-refractivity contribution >= 4 is 26.8 Å². The Balaban J connectivity index is 1.78. The SMILES string of the molecule is CN=C(NCCCn1c(C)nc2ccccc21)NCC(C)(C)CCS(C)(=O)=O. The van der Waals surface area contributed by atoms with Gasteiger partial charge in [0.25, 0.3) is 0 Å². The Bertz CT molecular complexity index is 916. The second-order valence-electron chi connectivity index (χ2n) is 8.05. The Morgan fingerprint density at radius 1 is 1.25 bits per heavy atom. The van der Waals surface area contributed by atoms with Crippen molar-refractivity contribution in [2.24, 2.45) is 10.4 Å². The predicted molar refractivity (Wildman–Crippen MR) is 117 cm³/mol. The van der Waals surface area contributed by atoms with Gasteiger partial charge in [-0.1, -0.05) is 26.0 Å². The maximum atomic E-state index is 11.4. The van der Waals surface area contributed by atoms with Crippen LogP contribution >= 0.6 is 0 Å². The molecule has 156 valence electrons. The molecule has 0 aliphatic heterocycles. The molecule has 7 nitrogen and oxygen atoms in total. The van der Waals surface area contributed by atoms with E-state index in [9.17, 15) is 8.42 Å². The van der Waals surface area contributed by atoms with Crippen LogP contribution in [0.1, 0.15) is 32.5 Å². The molecule has 0 amide bonds. The average Bonchev–Trinajstić information content (AvgIpc) is 2.94. The summed E-state index contributed by atoms with van der Waals surface area (Å²) in [5.74, 6) is 1.96. The molecule has 0 unspecified atom stereocenters. The second-order valence-corrected chi connectivity index (χ2v) is 10.3. The topological polar surface area (TPSA) is 88.4 Å². The number of aliphatic imine (C=N–C) groups is 1. The van der Waals surface area contributed by atoms with Gasteiger partial charge in [-0.2, -0.15) is 0 Å². The summed E-state index contributed by atoms with van der Waals surface area (Å²) in [6, 6.07) is 8.18. The molecule has 0 atom stereocenters. The minimum Gasteiger partial charge on any atom is -0.356 e. The minimum absolute atomic E-state index is 0.131. The Morgan fingerprint density at radius 2 is 1.96 bits per heavy atom. The smallest absolute Gasteiger partial charge is 0.190 e. The number of sulfone groups is 1. The molecule has 8 heteroatoms. The van der Waals surface area contributed by atoms with E-state index in [0.29, 0.717) is 13.0 Å². The molecule has 0 saturated carbocycles. The molecule has 2 N–H and O–H groups in total. The van der Waals surface area contributed by atoms with Crippen molar-refractivity contribution in [1.82, 2.24) is 20.2 Å². The van der Waals surface area contributed by atoms with Gasteiger partial charge in [0.1, 0.15) is 15.7 Å². The number of aryl methyl sites for hydroxylation is 2. The van der Waals surface area contributed by atoms with Crippen molar-refractivity contribution in [3.05, 3.63) is 30.1 Å². The molecule has 0 saturated heterocycles. The van der Waals surface area contributed by atoms with Crippen LogP contribution in [0.4, 0.5) is 0 Å². The first kappa shape index (κ1) is 22.2. The van der Waals surface area contributed by atoms with Crippen LogP contribution in [0.2, 0.25) is 0 Å². The molecule has 0 aliphatic rings. The van der Waals surface area contributed by atoms with Crippen molar-refractivity contribution in [1.29, 1.82) is 0 Å². The minimum atomic E-state index is -2.94. The first-order chi connectivity index (χ1) is 13.1. The number of imidazole rings is 1. The number of benzene rings is 1. The number of aromatic nitrogens is 2. The highest BCUT2D eigenvalue weighted by atomic mass is 32.2. The van der Waals surface area contributed by atoms with E-state index in [1.54, 1.807) is 7.05 Å². The summed E-state index contributed by atoms with van der Waals surface area (Å²) in [6.07, 6.45) is 2.84. The van der Waals surface area contributed by atoms with Gasteiger partial charge in [-0.15, -0.1) is 0 Å². The molecular formula is C20H33N5O2S. The molecule has 2 rings (SSSR count). The molecular weight excluding hydrogens is 374 g/mol. The third-order valence-electron chi connectivity index (χ3n) is 4.80. The maximum Gasteiger partial charge on any atom is 0.190 e. The largest absolute Gasteiger partial charge is 0.356 e. The van der Waals surface area contributed by atoms with Gasteiger partial charge in [0.05, 0.1) is 16.8 Å². The van der Waals surface area contributed by atoms with E-state index in [1.807, 2.05) is 25.1 Å². The van der Waals surface area contributed by atoms with E-state index >= 15 is 0 Å². The van der Waals surface area contributed by atoms with E-state index in [2.05, 4.69) is 45.1 Å². The lowest BCUT2D eigenvalue weighted by atomic mass is 9.90. The maximum absolute atomic E-state index is 11.4. The van der Waals surface area contributed by atoms with Gasteiger partial charge in [0.15, 0.2) is 5.96 Å². The summed E-state index contributed by atoms with van der Waals surface area (Å²) in [4.78, 5) is 8.86. The number of nitrogens with zero attached hydrogens (tertiary/aromatic N) is 3. The first-order valence-corrected chi connectivity index (χ1v) is 11.7. The third-order valence-corrected chi connectivity index (χ3v) is 5.75. The van der Waals surface area contributed by atoms with Crippen LogP contribution in [0.25, 0.3) is 11.0 Å². The normalized spacial score (nSPS) is 13.1. The number of guanidine groups is 1. The zero-order valence-corrected chi connectivity index (χ0v) is 18.4.